The lowest BCUT2D eigenvalue weighted by Gasteiger charge is -2.31. The Morgan fingerprint density at radius 2 is 2.03 bits per heavy atom. The Kier molecular flexibility index (Phi) is 6.39. The predicted octanol–water partition coefficient (Wildman–Crippen LogP) is 2.78. The van der Waals surface area contributed by atoms with Gasteiger partial charge in [0.05, 0.1) is 19.6 Å². The lowest BCUT2D eigenvalue weighted by Crippen LogP contribution is -2.40. The van der Waals surface area contributed by atoms with Crippen molar-refractivity contribution in [3.63, 3.8) is 0 Å². The van der Waals surface area contributed by atoms with Crippen LogP contribution in [0.5, 0.6) is 5.75 Å². The fraction of sp³-hybridized carbons (Fsp3) is 0.417. The van der Waals surface area contributed by atoms with Gasteiger partial charge in [0.2, 0.25) is 5.91 Å². The van der Waals surface area contributed by atoms with Crippen LogP contribution in [0.1, 0.15) is 47.3 Å². The SMILES string of the molecule is COc1ccc(C(=O)C2CCN(C(=O)CCCc3cn4cncc4c(=O)[nH]3)CC2)cc1C. The minimum atomic E-state index is -0.176. The quantitative estimate of drug-likeness (QED) is 0.575. The van der Waals surface area contributed by atoms with Gasteiger partial charge in [-0.1, -0.05) is 0 Å². The molecule has 0 aliphatic carbocycles. The Bertz CT molecular complexity index is 1190. The number of methoxy groups -OCH3 is 1. The second-order valence-corrected chi connectivity index (χ2v) is 8.35. The van der Waals surface area contributed by atoms with Gasteiger partial charge in [0.15, 0.2) is 5.78 Å². The third kappa shape index (κ3) is 4.59. The number of Topliss-reactive ketones (excluding diaryl/α,β-unsaturated/α-hetero) is 1. The molecule has 0 saturated carbocycles. The summed E-state index contributed by atoms with van der Waals surface area (Å²) in [5.41, 5.74) is 2.76. The van der Waals surface area contributed by atoms with E-state index in [0.29, 0.717) is 56.3 Å². The average Bonchev–Trinajstić information content (AvgIpc) is 3.28. The first kappa shape index (κ1) is 21.8. The maximum atomic E-state index is 12.9. The largest absolute Gasteiger partial charge is 0.496 e. The molecular weight excluding hydrogens is 408 g/mol. The topological polar surface area (TPSA) is 96.8 Å². The number of hydrogen-bond donors (Lipinski definition) is 1. The number of ketones is 1. The molecule has 0 unspecified atom stereocenters. The standard InChI is InChI=1S/C24H28N4O4/c1-16-12-18(6-7-21(16)32-2)23(30)17-8-10-27(11-9-17)22(29)5-3-4-19-14-28-15-25-13-20(28)24(31)26-19/h6-7,12-15,17H,3-5,8-11H2,1-2H3,(H,26,31). The van der Waals surface area contributed by atoms with E-state index in [-0.39, 0.29) is 23.2 Å². The van der Waals surface area contributed by atoms with Gasteiger partial charge in [-0.25, -0.2) is 4.98 Å². The van der Waals surface area contributed by atoms with Crippen molar-refractivity contribution in [2.45, 2.75) is 39.0 Å². The van der Waals surface area contributed by atoms with Crippen LogP contribution in [0.25, 0.3) is 5.52 Å². The van der Waals surface area contributed by atoms with Crippen molar-refractivity contribution in [1.82, 2.24) is 19.3 Å². The number of hydrogen-bond acceptors (Lipinski definition) is 5. The van der Waals surface area contributed by atoms with Crippen molar-refractivity contribution in [3.8, 4) is 5.75 Å². The zero-order valence-corrected chi connectivity index (χ0v) is 18.5. The Balaban J connectivity index is 1.26. The van der Waals surface area contributed by atoms with E-state index >= 15 is 0 Å². The van der Waals surface area contributed by atoms with Gasteiger partial charge >= 0.3 is 0 Å². The summed E-state index contributed by atoms with van der Waals surface area (Å²) in [6, 6.07) is 5.53. The number of rotatable bonds is 7. The smallest absolute Gasteiger partial charge is 0.274 e. The molecule has 1 aromatic carbocycles. The molecule has 1 amide bonds. The van der Waals surface area contributed by atoms with E-state index in [2.05, 4.69) is 9.97 Å². The van der Waals surface area contributed by atoms with E-state index in [4.69, 9.17) is 4.74 Å². The molecular formula is C24H28N4O4. The van der Waals surface area contributed by atoms with E-state index in [1.165, 1.54) is 6.20 Å². The van der Waals surface area contributed by atoms with Gasteiger partial charge in [-0.15, -0.1) is 0 Å². The molecule has 32 heavy (non-hydrogen) atoms. The normalized spacial score (nSPS) is 14.6. The van der Waals surface area contributed by atoms with Crippen LogP contribution in [0.2, 0.25) is 0 Å². The number of nitrogens with one attached hydrogen (secondary N) is 1. The number of aromatic amines is 1. The number of H-pyrrole nitrogens is 1. The molecule has 0 bridgehead atoms. The number of aromatic nitrogens is 3. The molecule has 1 aliphatic rings. The summed E-state index contributed by atoms with van der Waals surface area (Å²) in [4.78, 5) is 46.2. The Hall–Kier alpha value is -3.42. The molecule has 3 aromatic rings. The van der Waals surface area contributed by atoms with Crippen LogP contribution in [-0.2, 0) is 11.2 Å². The van der Waals surface area contributed by atoms with E-state index in [9.17, 15) is 14.4 Å². The van der Waals surface area contributed by atoms with Crippen LogP contribution in [-0.4, -0.2) is 51.2 Å². The van der Waals surface area contributed by atoms with Crippen LogP contribution < -0.4 is 10.3 Å². The monoisotopic (exact) mass is 436 g/mol. The molecule has 1 saturated heterocycles. The van der Waals surface area contributed by atoms with Crippen LogP contribution in [0.4, 0.5) is 0 Å². The van der Waals surface area contributed by atoms with Crippen LogP contribution in [0.3, 0.4) is 0 Å². The van der Waals surface area contributed by atoms with E-state index in [1.807, 2.05) is 36.2 Å². The summed E-state index contributed by atoms with van der Waals surface area (Å²) < 4.78 is 6.97. The molecule has 2 aromatic heterocycles. The molecule has 0 spiro atoms. The minimum absolute atomic E-state index is 0.0566. The molecule has 168 valence electrons. The molecule has 0 radical (unpaired) electrons. The van der Waals surface area contributed by atoms with Gasteiger partial charge in [-0.2, -0.15) is 0 Å². The maximum absolute atomic E-state index is 12.9. The number of carbonyl (C=O) groups excluding carboxylic acids is 2. The van der Waals surface area contributed by atoms with E-state index in [0.717, 1.165) is 17.0 Å². The average molecular weight is 437 g/mol. The molecule has 4 rings (SSSR count). The van der Waals surface area contributed by atoms with Crippen LogP contribution >= 0.6 is 0 Å². The lowest BCUT2D eigenvalue weighted by atomic mass is 9.88. The number of likely N-dealkylation sites (tertiary alicyclic amines) is 1. The highest BCUT2D eigenvalue weighted by Gasteiger charge is 2.28. The number of amides is 1. The Labute approximate surface area is 186 Å². The molecule has 3 heterocycles. The highest BCUT2D eigenvalue weighted by Crippen LogP contribution is 2.25. The lowest BCUT2D eigenvalue weighted by molar-refractivity contribution is -0.132. The number of imidazole rings is 1. The number of nitrogens with zero attached hydrogens (tertiary/aromatic N) is 3. The number of aryl methyl sites for hydroxylation is 2. The minimum Gasteiger partial charge on any atom is -0.496 e. The van der Waals surface area contributed by atoms with Gasteiger partial charge in [-0.3, -0.25) is 18.8 Å². The van der Waals surface area contributed by atoms with Gasteiger partial charge in [0, 0.05) is 42.9 Å². The van der Waals surface area contributed by atoms with Gasteiger partial charge in [0.1, 0.15) is 11.3 Å². The highest BCUT2D eigenvalue weighted by molar-refractivity contribution is 5.98. The first-order chi connectivity index (χ1) is 15.5. The van der Waals surface area contributed by atoms with Crippen molar-refractivity contribution in [3.05, 3.63) is 64.1 Å². The molecule has 1 fully saturated rings. The predicted molar refractivity (Wildman–Crippen MR) is 120 cm³/mol. The zero-order chi connectivity index (χ0) is 22.7. The maximum Gasteiger partial charge on any atom is 0.274 e. The van der Waals surface area contributed by atoms with Crippen LogP contribution in [0, 0.1) is 12.8 Å². The fourth-order valence-electron chi connectivity index (χ4n) is 4.37. The molecule has 8 heteroatoms. The fourth-order valence-corrected chi connectivity index (χ4v) is 4.37. The Morgan fingerprint density at radius 3 is 2.75 bits per heavy atom. The highest BCUT2D eigenvalue weighted by atomic mass is 16.5. The molecule has 1 N–H and O–H groups in total. The summed E-state index contributed by atoms with van der Waals surface area (Å²) in [5.74, 6) is 0.957. The van der Waals surface area contributed by atoms with E-state index in [1.54, 1.807) is 17.8 Å². The summed E-state index contributed by atoms with van der Waals surface area (Å²) in [5, 5.41) is 0. The first-order valence-electron chi connectivity index (χ1n) is 11.0. The van der Waals surface area contributed by atoms with Gasteiger partial charge < -0.3 is 14.6 Å². The van der Waals surface area contributed by atoms with Crippen molar-refractivity contribution < 1.29 is 14.3 Å². The van der Waals surface area contributed by atoms with E-state index < -0.39 is 0 Å². The third-order valence-corrected chi connectivity index (χ3v) is 6.20. The third-order valence-electron chi connectivity index (χ3n) is 6.20. The van der Waals surface area contributed by atoms with Crippen molar-refractivity contribution in [2.24, 2.45) is 5.92 Å². The number of piperidine rings is 1. The number of benzene rings is 1. The van der Waals surface area contributed by atoms with Crippen LogP contribution in [0.15, 0.2) is 41.7 Å². The molecule has 1 aliphatic heterocycles. The summed E-state index contributed by atoms with van der Waals surface area (Å²) >= 11 is 0. The van der Waals surface area contributed by atoms with Crippen molar-refractivity contribution in [1.29, 1.82) is 0 Å². The summed E-state index contributed by atoms with van der Waals surface area (Å²) in [6.45, 7) is 3.13. The van der Waals surface area contributed by atoms with Gasteiger partial charge in [0.25, 0.3) is 5.56 Å². The summed E-state index contributed by atoms with van der Waals surface area (Å²) in [6.07, 6.45) is 8.00. The number of carbonyl (C=O) groups is 2. The number of ether oxygens (including phenoxy) is 1. The second kappa shape index (κ2) is 9.38. The zero-order valence-electron chi connectivity index (χ0n) is 18.5. The number of fused-ring (bicyclic) bond motifs is 1. The van der Waals surface area contributed by atoms with Crippen molar-refractivity contribution in [2.75, 3.05) is 20.2 Å². The molecule has 8 nitrogen and oxygen atoms in total. The van der Waals surface area contributed by atoms with Gasteiger partial charge in [-0.05, 0) is 56.4 Å². The second-order valence-electron chi connectivity index (χ2n) is 8.35. The Morgan fingerprint density at radius 1 is 1.25 bits per heavy atom. The van der Waals surface area contributed by atoms with Crippen molar-refractivity contribution >= 4 is 17.2 Å². The summed E-state index contributed by atoms with van der Waals surface area (Å²) in [7, 11) is 1.62. The molecule has 0 atom stereocenters. The first-order valence-corrected chi connectivity index (χ1v) is 11.0.